The summed E-state index contributed by atoms with van der Waals surface area (Å²) in [5, 5.41) is 0. The zero-order valence-electron chi connectivity index (χ0n) is 11.6. The van der Waals surface area contributed by atoms with Crippen molar-refractivity contribution in [3.8, 4) is 0 Å². The molecular weight excluding hydrogens is 283 g/mol. The molecule has 1 fully saturated rings. The highest BCUT2D eigenvalue weighted by atomic mass is 19.4. The summed E-state index contributed by atoms with van der Waals surface area (Å²) in [6, 6.07) is 7.18. The van der Waals surface area contributed by atoms with Crippen LogP contribution < -0.4 is 0 Å². The van der Waals surface area contributed by atoms with Crippen LogP contribution in [0.3, 0.4) is 0 Å². The standard InChI is InChI=1S/C15H18F3NO2/c16-15(17,18)13-9-5-2-6-10-19(13)14(20)21-11-12-7-3-1-4-8-12/h1,3-4,7-8,13H,2,5-6,9-11H2. The Hall–Kier alpha value is -1.72. The third-order valence-electron chi connectivity index (χ3n) is 3.57. The van der Waals surface area contributed by atoms with E-state index in [4.69, 9.17) is 4.74 Å². The van der Waals surface area contributed by atoms with Crippen LogP contribution >= 0.6 is 0 Å². The minimum absolute atomic E-state index is 0.0131. The maximum Gasteiger partial charge on any atom is 0.410 e. The number of alkyl halides is 3. The maximum atomic E-state index is 13.0. The van der Waals surface area contributed by atoms with Crippen molar-refractivity contribution in [3.05, 3.63) is 35.9 Å². The van der Waals surface area contributed by atoms with Gasteiger partial charge in [-0.05, 0) is 18.4 Å². The Morgan fingerprint density at radius 3 is 2.57 bits per heavy atom. The van der Waals surface area contributed by atoms with Gasteiger partial charge in [0.25, 0.3) is 0 Å². The predicted octanol–water partition coefficient (Wildman–Crippen LogP) is 4.13. The van der Waals surface area contributed by atoms with E-state index in [1.54, 1.807) is 24.3 Å². The van der Waals surface area contributed by atoms with Crippen molar-refractivity contribution >= 4 is 6.09 Å². The molecule has 1 aromatic rings. The van der Waals surface area contributed by atoms with Gasteiger partial charge in [-0.1, -0.05) is 43.2 Å². The second-order valence-electron chi connectivity index (χ2n) is 5.14. The van der Waals surface area contributed by atoms with E-state index in [0.29, 0.717) is 19.3 Å². The van der Waals surface area contributed by atoms with Crippen molar-refractivity contribution in [2.75, 3.05) is 6.54 Å². The van der Waals surface area contributed by atoms with E-state index >= 15 is 0 Å². The molecule has 1 atom stereocenters. The van der Waals surface area contributed by atoms with Gasteiger partial charge < -0.3 is 4.74 Å². The normalized spacial score (nSPS) is 20.0. The summed E-state index contributed by atoms with van der Waals surface area (Å²) in [5.41, 5.74) is 0.754. The second-order valence-corrected chi connectivity index (χ2v) is 5.14. The lowest BCUT2D eigenvalue weighted by Crippen LogP contribution is -2.48. The second kappa shape index (κ2) is 6.83. The average molecular weight is 301 g/mol. The van der Waals surface area contributed by atoms with Crippen molar-refractivity contribution in [2.24, 2.45) is 0 Å². The van der Waals surface area contributed by atoms with E-state index in [1.165, 1.54) is 0 Å². The van der Waals surface area contributed by atoms with Crippen molar-refractivity contribution in [3.63, 3.8) is 0 Å². The molecule has 1 saturated heterocycles. The number of halogens is 3. The van der Waals surface area contributed by atoms with Crippen molar-refractivity contribution < 1.29 is 22.7 Å². The van der Waals surface area contributed by atoms with Gasteiger partial charge in [0.05, 0.1) is 0 Å². The fourth-order valence-corrected chi connectivity index (χ4v) is 2.47. The lowest BCUT2D eigenvalue weighted by atomic mass is 10.1. The van der Waals surface area contributed by atoms with E-state index in [-0.39, 0.29) is 19.6 Å². The van der Waals surface area contributed by atoms with E-state index in [9.17, 15) is 18.0 Å². The highest BCUT2D eigenvalue weighted by molar-refractivity contribution is 5.68. The number of rotatable bonds is 2. The maximum absolute atomic E-state index is 13.0. The van der Waals surface area contributed by atoms with Crippen LogP contribution in [0, 0.1) is 0 Å². The molecule has 1 amide bonds. The lowest BCUT2D eigenvalue weighted by Gasteiger charge is -2.30. The number of ether oxygens (including phenoxy) is 1. The van der Waals surface area contributed by atoms with Gasteiger partial charge in [0.2, 0.25) is 0 Å². The molecule has 0 bridgehead atoms. The van der Waals surface area contributed by atoms with Gasteiger partial charge in [-0.2, -0.15) is 13.2 Å². The molecule has 1 aromatic carbocycles. The van der Waals surface area contributed by atoms with Crippen LogP contribution in [0.25, 0.3) is 0 Å². The number of nitrogens with zero attached hydrogens (tertiary/aromatic N) is 1. The summed E-state index contributed by atoms with van der Waals surface area (Å²) < 4.78 is 44.2. The predicted molar refractivity (Wildman–Crippen MR) is 71.6 cm³/mol. The zero-order chi connectivity index (χ0) is 15.3. The molecule has 1 heterocycles. The number of hydrogen-bond donors (Lipinski definition) is 0. The molecule has 0 N–H and O–H groups in total. The quantitative estimate of drug-likeness (QED) is 0.822. The number of carbonyl (C=O) groups excluding carboxylic acids is 1. The molecule has 1 aliphatic heterocycles. The fourth-order valence-electron chi connectivity index (χ4n) is 2.47. The van der Waals surface area contributed by atoms with Crippen LogP contribution in [0.1, 0.15) is 31.2 Å². The highest BCUT2D eigenvalue weighted by Crippen LogP contribution is 2.31. The topological polar surface area (TPSA) is 29.5 Å². The van der Waals surface area contributed by atoms with Crippen molar-refractivity contribution in [1.29, 1.82) is 0 Å². The molecule has 21 heavy (non-hydrogen) atoms. The summed E-state index contributed by atoms with van der Waals surface area (Å²) in [6.45, 7) is 0.0819. The fraction of sp³-hybridized carbons (Fsp3) is 0.533. The van der Waals surface area contributed by atoms with Crippen LogP contribution in [0.5, 0.6) is 0 Å². The summed E-state index contributed by atoms with van der Waals surface area (Å²) in [5.74, 6) is 0. The van der Waals surface area contributed by atoms with Gasteiger partial charge in [0.1, 0.15) is 12.6 Å². The first-order chi connectivity index (χ1) is 9.98. The number of carbonyl (C=O) groups is 1. The lowest BCUT2D eigenvalue weighted by molar-refractivity contribution is -0.179. The summed E-state index contributed by atoms with van der Waals surface area (Å²) in [4.78, 5) is 12.8. The number of benzene rings is 1. The van der Waals surface area contributed by atoms with Gasteiger partial charge in [0, 0.05) is 6.54 Å². The Kier molecular flexibility index (Phi) is 5.09. The Labute approximate surface area is 121 Å². The Balaban J connectivity index is 2.00. The van der Waals surface area contributed by atoms with Crippen LogP contribution in [-0.2, 0) is 11.3 Å². The van der Waals surface area contributed by atoms with Gasteiger partial charge in [-0.15, -0.1) is 0 Å². The molecule has 0 saturated carbocycles. The average Bonchev–Trinajstić information content (AvgIpc) is 2.71. The summed E-state index contributed by atoms with van der Waals surface area (Å²) in [7, 11) is 0. The Bertz CT molecular complexity index is 462. The van der Waals surface area contributed by atoms with Gasteiger partial charge in [-0.25, -0.2) is 4.79 Å². The molecule has 0 spiro atoms. The van der Waals surface area contributed by atoms with E-state index < -0.39 is 18.3 Å². The molecule has 116 valence electrons. The number of amides is 1. The molecule has 0 radical (unpaired) electrons. The molecule has 3 nitrogen and oxygen atoms in total. The Morgan fingerprint density at radius 1 is 1.19 bits per heavy atom. The summed E-state index contributed by atoms with van der Waals surface area (Å²) in [6.07, 6.45) is -3.59. The van der Waals surface area contributed by atoms with E-state index in [0.717, 1.165) is 10.5 Å². The van der Waals surface area contributed by atoms with Crippen LogP contribution in [-0.4, -0.2) is 29.8 Å². The van der Waals surface area contributed by atoms with Crippen molar-refractivity contribution in [1.82, 2.24) is 4.90 Å². The molecule has 0 aliphatic carbocycles. The molecule has 6 heteroatoms. The third kappa shape index (κ3) is 4.37. The van der Waals surface area contributed by atoms with Crippen LogP contribution in [0.4, 0.5) is 18.0 Å². The molecule has 0 aromatic heterocycles. The largest absolute Gasteiger partial charge is 0.445 e. The number of hydrogen-bond acceptors (Lipinski definition) is 2. The minimum atomic E-state index is -4.41. The molecule has 2 rings (SSSR count). The smallest absolute Gasteiger partial charge is 0.410 e. The van der Waals surface area contributed by atoms with Gasteiger partial charge in [-0.3, -0.25) is 4.90 Å². The first-order valence-electron chi connectivity index (χ1n) is 7.02. The first-order valence-corrected chi connectivity index (χ1v) is 7.02. The third-order valence-corrected chi connectivity index (χ3v) is 3.57. The molecule has 1 unspecified atom stereocenters. The molecule has 1 aliphatic rings. The van der Waals surface area contributed by atoms with E-state index in [1.807, 2.05) is 6.07 Å². The van der Waals surface area contributed by atoms with Gasteiger partial charge in [0.15, 0.2) is 0 Å². The van der Waals surface area contributed by atoms with Gasteiger partial charge >= 0.3 is 12.3 Å². The zero-order valence-corrected chi connectivity index (χ0v) is 11.6. The van der Waals surface area contributed by atoms with Crippen LogP contribution in [0.2, 0.25) is 0 Å². The number of likely N-dealkylation sites (tertiary alicyclic amines) is 1. The van der Waals surface area contributed by atoms with Crippen LogP contribution in [0.15, 0.2) is 30.3 Å². The van der Waals surface area contributed by atoms with Crippen molar-refractivity contribution in [2.45, 2.75) is 44.5 Å². The van der Waals surface area contributed by atoms with E-state index in [2.05, 4.69) is 0 Å². The minimum Gasteiger partial charge on any atom is -0.445 e. The Morgan fingerprint density at radius 2 is 1.90 bits per heavy atom. The monoisotopic (exact) mass is 301 g/mol. The first kappa shape index (κ1) is 15.7. The SMILES string of the molecule is O=C(OCc1ccccc1)N1CCCCCC1C(F)(F)F. The highest BCUT2D eigenvalue weighted by Gasteiger charge is 2.46. The molecular formula is C15H18F3NO2. The summed E-state index contributed by atoms with van der Waals surface area (Å²) >= 11 is 0.